The maximum Gasteiger partial charge on any atom is 0.259 e. The second-order valence-corrected chi connectivity index (χ2v) is 4.78. The first kappa shape index (κ1) is 17.2. The van der Waals surface area contributed by atoms with Crippen LogP contribution in [0.25, 0.3) is 0 Å². The zero-order chi connectivity index (χ0) is 17.5. The van der Waals surface area contributed by atoms with Crippen molar-refractivity contribution in [2.45, 2.75) is 6.92 Å². The van der Waals surface area contributed by atoms with Crippen molar-refractivity contribution >= 4 is 11.6 Å². The molecule has 6 nitrogen and oxygen atoms in total. The van der Waals surface area contributed by atoms with Gasteiger partial charge in [0.15, 0.2) is 11.5 Å². The summed E-state index contributed by atoms with van der Waals surface area (Å²) >= 11 is 0. The Morgan fingerprint density at radius 3 is 2.42 bits per heavy atom. The summed E-state index contributed by atoms with van der Waals surface area (Å²) in [6.45, 7) is 2.17. The number of nitrogens with zero attached hydrogens (tertiary/aromatic N) is 1. The minimum Gasteiger partial charge on any atom is -0.497 e. The fourth-order valence-electron chi connectivity index (χ4n) is 2.15. The Balaban J connectivity index is 2.37. The predicted octanol–water partition coefficient (Wildman–Crippen LogP) is 3.23. The van der Waals surface area contributed by atoms with E-state index in [0.717, 1.165) is 0 Å². The van der Waals surface area contributed by atoms with Crippen LogP contribution in [0.3, 0.4) is 0 Å². The van der Waals surface area contributed by atoms with Gasteiger partial charge in [-0.15, -0.1) is 0 Å². The lowest BCUT2D eigenvalue weighted by Gasteiger charge is -2.15. The molecule has 6 heteroatoms. The van der Waals surface area contributed by atoms with Crippen LogP contribution >= 0.6 is 0 Å². The number of rotatable bonds is 6. The summed E-state index contributed by atoms with van der Waals surface area (Å²) in [5.41, 5.74) is 1.16. The number of amides is 1. The van der Waals surface area contributed by atoms with Gasteiger partial charge >= 0.3 is 0 Å². The maximum absolute atomic E-state index is 12.6. The molecule has 2 rings (SSSR count). The topological polar surface area (TPSA) is 80.6 Å². The SMILES string of the molecule is CCOc1c(OC)cc(C#N)cc1C(=O)Nc1ccc(OC)cc1. The van der Waals surface area contributed by atoms with Crippen LogP contribution < -0.4 is 19.5 Å². The number of hydrogen-bond donors (Lipinski definition) is 1. The lowest BCUT2D eigenvalue weighted by molar-refractivity contribution is 0.102. The smallest absolute Gasteiger partial charge is 0.259 e. The van der Waals surface area contributed by atoms with E-state index in [1.165, 1.54) is 19.2 Å². The molecule has 0 unspecified atom stereocenters. The zero-order valence-corrected chi connectivity index (χ0v) is 13.8. The Hall–Kier alpha value is -3.20. The van der Waals surface area contributed by atoms with Crippen molar-refractivity contribution in [1.29, 1.82) is 5.26 Å². The molecule has 124 valence electrons. The van der Waals surface area contributed by atoms with Crippen LogP contribution in [-0.2, 0) is 0 Å². The Labute approximate surface area is 140 Å². The molecule has 0 aliphatic carbocycles. The summed E-state index contributed by atoms with van der Waals surface area (Å²) in [7, 11) is 3.03. The molecule has 1 N–H and O–H groups in total. The lowest BCUT2D eigenvalue weighted by Crippen LogP contribution is -2.14. The van der Waals surface area contributed by atoms with E-state index in [1.54, 1.807) is 31.4 Å². The predicted molar refractivity (Wildman–Crippen MR) is 89.8 cm³/mol. The van der Waals surface area contributed by atoms with Crippen LogP contribution in [0.15, 0.2) is 36.4 Å². The number of nitriles is 1. The van der Waals surface area contributed by atoms with Gasteiger partial charge in [0.1, 0.15) is 5.75 Å². The molecule has 2 aromatic rings. The average molecular weight is 326 g/mol. The minimum absolute atomic E-state index is 0.239. The van der Waals surface area contributed by atoms with Crippen molar-refractivity contribution in [3.63, 3.8) is 0 Å². The molecule has 2 aromatic carbocycles. The highest BCUT2D eigenvalue weighted by atomic mass is 16.5. The molecule has 1 amide bonds. The van der Waals surface area contributed by atoms with Crippen LogP contribution in [-0.4, -0.2) is 26.7 Å². The largest absolute Gasteiger partial charge is 0.497 e. The zero-order valence-electron chi connectivity index (χ0n) is 13.8. The maximum atomic E-state index is 12.6. The van der Waals surface area contributed by atoms with Crippen molar-refractivity contribution in [2.75, 3.05) is 26.1 Å². The van der Waals surface area contributed by atoms with Gasteiger partial charge in [0, 0.05) is 11.8 Å². The normalized spacial score (nSPS) is 9.75. The van der Waals surface area contributed by atoms with Crippen LogP contribution in [0.1, 0.15) is 22.8 Å². The molecular weight excluding hydrogens is 308 g/mol. The number of carbonyl (C=O) groups is 1. The molecule has 0 radical (unpaired) electrons. The highest BCUT2D eigenvalue weighted by molar-refractivity contribution is 6.07. The minimum atomic E-state index is -0.390. The van der Waals surface area contributed by atoms with Crippen LogP contribution in [0.4, 0.5) is 5.69 Å². The highest BCUT2D eigenvalue weighted by Crippen LogP contribution is 2.33. The van der Waals surface area contributed by atoms with Gasteiger partial charge in [0.2, 0.25) is 0 Å². The average Bonchev–Trinajstić information content (AvgIpc) is 2.62. The molecule has 24 heavy (non-hydrogen) atoms. The molecule has 0 spiro atoms. The second-order valence-electron chi connectivity index (χ2n) is 4.78. The molecule has 0 aromatic heterocycles. The summed E-state index contributed by atoms with van der Waals surface area (Å²) in [6.07, 6.45) is 0. The number of methoxy groups -OCH3 is 2. The molecular formula is C18H18N2O4. The van der Waals surface area contributed by atoms with E-state index in [4.69, 9.17) is 19.5 Å². The van der Waals surface area contributed by atoms with E-state index in [0.29, 0.717) is 35.1 Å². The van der Waals surface area contributed by atoms with E-state index in [1.807, 2.05) is 13.0 Å². The van der Waals surface area contributed by atoms with E-state index < -0.39 is 0 Å². The third kappa shape index (κ3) is 3.76. The number of hydrogen-bond acceptors (Lipinski definition) is 5. The van der Waals surface area contributed by atoms with E-state index in [9.17, 15) is 4.79 Å². The Kier molecular flexibility index (Phi) is 5.63. The molecule has 0 heterocycles. The summed E-state index contributed by atoms with van der Waals surface area (Å²) in [5.74, 6) is 0.955. The third-order valence-corrected chi connectivity index (χ3v) is 3.29. The standard InChI is InChI=1S/C18H18N2O4/c1-4-24-17-15(9-12(11-19)10-16(17)23-3)18(21)20-13-5-7-14(22-2)8-6-13/h5-10H,4H2,1-3H3,(H,20,21). The number of ether oxygens (including phenoxy) is 3. The number of benzene rings is 2. The lowest BCUT2D eigenvalue weighted by atomic mass is 10.1. The summed E-state index contributed by atoms with van der Waals surface area (Å²) in [5, 5.41) is 11.9. The third-order valence-electron chi connectivity index (χ3n) is 3.29. The monoisotopic (exact) mass is 326 g/mol. The molecule has 0 fully saturated rings. The van der Waals surface area contributed by atoms with Crippen LogP contribution in [0, 0.1) is 11.3 Å². The van der Waals surface area contributed by atoms with Gasteiger partial charge in [-0.05, 0) is 37.3 Å². The Bertz CT molecular complexity index is 764. The van der Waals surface area contributed by atoms with E-state index in [2.05, 4.69) is 5.32 Å². The quantitative estimate of drug-likeness (QED) is 0.881. The van der Waals surface area contributed by atoms with Gasteiger partial charge in [-0.2, -0.15) is 5.26 Å². The van der Waals surface area contributed by atoms with Gasteiger partial charge in [-0.25, -0.2) is 0 Å². The molecule has 0 aliphatic heterocycles. The van der Waals surface area contributed by atoms with E-state index >= 15 is 0 Å². The molecule has 0 saturated carbocycles. The van der Waals surface area contributed by atoms with Crippen molar-refractivity contribution < 1.29 is 19.0 Å². The van der Waals surface area contributed by atoms with Gasteiger partial charge < -0.3 is 19.5 Å². The second kappa shape index (κ2) is 7.88. The first-order chi connectivity index (χ1) is 11.6. The molecule has 0 saturated heterocycles. The first-order valence-electron chi connectivity index (χ1n) is 7.33. The first-order valence-corrected chi connectivity index (χ1v) is 7.33. The van der Waals surface area contributed by atoms with Gasteiger partial charge in [-0.1, -0.05) is 0 Å². The number of nitrogens with one attached hydrogen (secondary N) is 1. The fourth-order valence-corrected chi connectivity index (χ4v) is 2.15. The molecule has 0 atom stereocenters. The highest BCUT2D eigenvalue weighted by Gasteiger charge is 2.19. The van der Waals surface area contributed by atoms with E-state index in [-0.39, 0.29) is 11.5 Å². The Morgan fingerprint density at radius 2 is 1.88 bits per heavy atom. The van der Waals surface area contributed by atoms with Gasteiger partial charge in [0.05, 0.1) is 38.0 Å². The van der Waals surface area contributed by atoms with Crippen molar-refractivity contribution in [1.82, 2.24) is 0 Å². The number of anilines is 1. The van der Waals surface area contributed by atoms with Gasteiger partial charge in [-0.3, -0.25) is 4.79 Å². The summed E-state index contributed by atoms with van der Waals surface area (Å²) < 4.78 is 15.9. The summed E-state index contributed by atoms with van der Waals surface area (Å²) in [6, 6.07) is 12.0. The van der Waals surface area contributed by atoms with Crippen LogP contribution in [0.2, 0.25) is 0 Å². The molecule has 0 aliphatic rings. The fraction of sp³-hybridized carbons (Fsp3) is 0.222. The Morgan fingerprint density at radius 1 is 1.17 bits per heavy atom. The number of carbonyl (C=O) groups excluding carboxylic acids is 1. The van der Waals surface area contributed by atoms with Crippen LogP contribution in [0.5, 0.6) is 17.2 Å². The van der Waals surface area contributed by atoms with Crippen molar-refractivity contribution in [3.05, 3.63) is 47.5 Å². The molecule has 0 bridgehead atoms. The van der Waals surface area contributed by atoms with Crippen molar-refractivity contribution in [2.24, 2.45) is 0 Å². The van der Waals surface area contributed by atoms with Crippen molar-refractivity contribution in [3.8, 4) is 23.3 Å². The van der Waals surface area contributed by atoms with Gasteiger partial charge in [0.25, 0.3) is 5.91 Å². The summed E-state index contributed by atoms with van der Waals surface area (Å²) in [4.78, 5) is 12.6.